The molecule has 104 valence electrons. The minimum atomic E-state index is 0.344. The maximum Gasteiger partial charge on any atom is 0.125 e. The summed E-state index contributed by atoms with van der Waals surface area (Å²) in [5, 5.41) is 1.03. The fraction of sp³-hybridized carbons (Fsp3) is 0.154. The number of aromatic nitrogens is 2. The van der Waals surface area contributed by atoms with E-state index in [-0.39, 0.29) is 0 Å². The number of imidazole rings is 1. The Morgan fingerprint density at radius 3 is 2.60 bits per heavy atom. The van der Waals surface area contributed by atoms with Crippen LogP contribution >= 0.6 is 62.1 Å². The Bertz CT molecular complexity index is 781. The van der Waals surface area contributed by atoms with Gasteiger partial charge in [0.05, 0.1) is 37.3 Å². The third-order valence-electron chi connectivity index (χ3n) is 2.93. The lowest BCUT2D eigenvalue weighted by Gasteiger charge is -2.06. The Morgan fingerprint density at radius 2 is 1.95 bits per heavy atom. The summed E-state index contributed by atoms with van der Waals surface area (Å²) in [5.74, 6) is 1.15. The second kappa shape index (κ2) is 5.85. The number of nitrogens with zero attached hydrogens (tertiary/aromatic N) is 2. The van der Waals surface area contributed by atoms with Crippen LogP contribution in [0.15, 0.2) is 28.1 Å². The van der Waals surface area contributed by atoms with Crippen LogP contribution in [0.1, 0.15) is 10.7 Å². The number of thiophene rings is 1. The third-order valence-corrected chi connectivity index (χ3v) is 5.50. The molecule has 0 saturated heterocycles. The van der Waals surface area contributed by atoms with Crippen molar-refractivity contribution in [1.29, 1.82) is 0 Å². The van der Waals surface area contributed by atoms with Crippen molar-refractivity contribution in [3.8, 4) is 0 Å². The van der Waals surface area contributed by atoms with E-state index in [0.29, 0.717) is 22.5 Å². The highest BCUT2D eigenvalue weighted by molar-refractivity contribution is 9.11. The first-order chi connectivity index (χ1) is 9.58. The van der Waals surface area contributed by atoms with Crippen LogP contribution < -0.4 is 0 Å². The molecule has 0 amide bonds. The van der Waals surface area contributed by atoms with E-state index in [9.17, 15) is 0 Å². The molecule has 2 nitrogen and oxygen atoms in total. The molecule has 0 aliphatic rings. The zero-order valence-corrected chi connectivity index (χ0v) is 14.7. The fourth-order valence-electron chi connectivity index (χ4n) is 2.04. The molecular formula is C13H8BrCl3N2S. The maximum absolute atomic E-state index is 6.11. The van der Waals surface area contributed by atoms with Crippen LogP contribution in [0, 0.1) is 0 Å². The molecule has 0 fully saturated rings. The summed E-state index contributed by atoms with van der Waals surface area (Å²) >= 11 is 23.3. The topological polar surface area (TPSA) is 17.8 Å². The molecule has 0 aliphatic heterocycles. The van der Waals surface area contributed by atoms with E-state index in [4.69, 9.17) is 34.8 Å². The smallest absolute Gasteiger partial charge is 0.125 e. The summed E-state index contributed by atoms with van der Waals surface area (Å²) in [6.07, 6.45) is 0. The monoisotopic (exact) mass is 408 g/mol. The Hall–Kier alpha value is -0.260. The zero-order chi connectivity index (χ0) is 14.3. The van der Waals surface area contributed by atoms with Gasteiger partial charge in [0.2, 0.25) is 0 Å². The van der Waals surface area contributed by atoms with Crippen molar-refractivity contribution in [2.24, 2.45) is 0 Å². The first-order valence-electron chi connectivity index (χ1n) is 5.73. The predicted octanol–water partition coefficient (Wildman–Crippen LogP) is 5.95. The molecule has 0 radical (unpaired) electrons. The molecule has 2 aromatic heterocycles. The molecule has 0 bridgehead atoms. The number of halogens is 4. The second-order valence-electron chi connectivity index (χ2n) is 4.21. The van der Waals surface area contributed by atoms with Gasteiger partial charge in [-0.05, 0) is 40.2 Å². The van der Waals surface area contributed by atoms with Crippen molar-refractivity contribution < 1.29 is 0 Å². The van der Waals surface area contributed by atoms with E-state index in [0.717, 1.165) is 20.6 Å². The molecule has 0 aliphatic carbocycles. The molecule has 3 aromatic rings. The number of hydrogen-bond acceptors (Lipinski definition) is 2. The molecule has 0 spiro atoms. The van der Waals surface area contributed by atoms with Crippen LogP contribution in [0.5, 0.6) is 0 Å². The van der Waals surface area contributed by atoms with Crippen LogP contribution in [0.25, 0.3) is 11.0 Å². The van der Waals surface area contributed by atoms with Crippen LogP contribution in [-0.4, -0.2) is 9.55 Å². The van der Waals surface area contributed by atoms with Crippen molar-refractivity contribution in [3.05, 3.63) is 48.8 Å². The molecule has 20 heavy (non-hydrogen) atoms. The molecule has 1 aromatic carbocycles. The number of benzene rings is 1. The minimum Gasteiger partial charge on any atom is -0.322 e. The highest BCUT2D eigenvalue weighted by Gasteiger charge is 2.13. The van der Waals surface area contributed by atoms with Gasteiger partial charge in [-0.1, -0.05) is 23.2 Å². The van der Waals surface area contributed by atoms with Gasteiger partial charge >= 0.3 is 0 Å². The maximum atomic E-state index is 6.11. The summed E-state index contributed by atoms with van der Waals surface area (Å²) in [7, 11) is 0. The number of fused-ring (bicyclic) bond motifs is 1. The first kappa shape index (κ1) is 14.7. The third kappa shape index (κ3) is 2.72. The molecule has 0 saturated carbocycles. The van der Waals surface area contributed by atoms with Gasteiger partial charge in [0.1, 0.15) is 5.82 Å². The summed E-state index contributed by atoms with van der Waals surface area (Å²) in [6.45, 7) is 0.715. The SMILES string of the molecule is ClCc1nc2cc(Cl)c(Cl)cc2n1Cc1ccc(Br)s1. The first-order valence-corrected chi connectivity index (χ1v) is 8.63. The molecule has 2 heterocycles. The van der Waals surface area contributed by atoms with Gasteiger partial charge in [0.25, 0.3) is 0 Å². The Kier molecular flexibility index (Phi) is 4.29. The van der Waals surface area contributed by atoms with Crippen LogP contribution in [0.4, 0.5) is 0 Å². The molecule has 0 atom stereocenters. The van der Waals surface area contributed by atoms with Crippen molar-refractivity contribution in [2.45, 2.75) is 12.4 Å². The van der Waals surface area contributed by atoms with Crippen molar-refractivity contribution in [3.63, 3.8) is 0 Å². The number of alkyl halides is 1. The predicted molar refractivity (Wildman–Crippen MR) is 90.4 cm³/mol. The lowest BCUT2D eigenvalue weighted by Crippen LogP contribution is -2.02. The van der Waals surface area contributed by atoms with Crippen molar-refractivity contribution in [1.82, 2.24) is 9.55 Å². The van der Waals surface area contributed by atoms with Gasteiger partial charge in [0.15, 0.2) is 0 Å². The van der Waals surface area contributed by atoms with Crippen LogP contribution in [0.2, 0.25) is 10.0 Å². The van der Waals surface area contributed by atoms with E-state index in [1.54, 1.807) is 17.4 Å². The van der Waals surface area contributed by atoms with Crippen molar-refractivity contribution >= 4 is 73.1 Å². The Balaban J connectivity index is 2.14. The van der Waals surface area contributed by atoms with Gasteiger partial charge in [-0.2, -0.15) is 0 Å². The minimum absolute atomic E-state index is 0.344. The van der Waals surface area contributed by atoms with E-state index >= 15 is 0 Å². The molecule has 0 N–H and O–H groups in total. The van der Waals surface area contributed by atoms with Gasteiger partial charge in [-0.25, -0.2) is 4.98 Å². The van der Waals surface area contributed by atoms with E-state index in [1.165, 1.54) is 4.88 Å². The average Bonchev–Trinajstić information content (AvgIpc) is 2.96. The van der Waals surface area contributed by atoms with Gasteiger partial charge in [-0.15, -0.1) is 22.9 Å². The fourth-order valence-corrected chi connectivity index (χ4v) is 4.03. The van der Waals surface area contributed by atoms with Crippen LogP contribution in [0.3, 0.4) is 0 Å². The summed E-state index contributed by atoms with van der Waals surface area (Å²) in [4.78, 5) is 5.73. The lowest BCUT2D eigenvalue weighted by molar-refractivity contribution is 0.789. The normalized spacial score (nSPS) is 11.4. The Labute approximate surface area is 143 Å². The summed E-state index contributed by atoms with van der Waals surface area (Å²) in [5.41, 5.74) is 1.75. The lowest BCUT2D eigenvalue weighted by atomic mass is 10.3. The van der Waals surface area contributed by atoms with Gasteiger partial charge < -0.3 is 4.57 Å². The van der Waals surface area contributed by atoms with Gasteiger partial charge in [-0.3, -0.25) is 0 Å². The highest BCUT2D eigenvalue weighted by Crippen LogP contribution is 2.30. The Morgan fingerprint density at radius 1 is 1.20 bits per heavy atom. The van der Waals surface area contributed by atoms with Crippen molar-refractivity contribution in [2.75, 3.05) is 0 Å². The zero-order valence-electron chi connectivity index (χ0n) is 10.0. The molecule has 3 rings (SSSR count). The quantitative estimate of drug-likeness (QED) is 0.488. The number of hydrogen-bond donors (Lipinski definition) is 0. The largest absolute Gasteiger partial charge is 0.322 e. The second-order valence-corrected chi connectivity index (χ2v) is 7.84. The van der Waals surface area contributed by atoms with Crippen LogP contribution in [-0.2, 0) is 12.4 Å². The van der Waals surface area contributed by atoms with E-state index < -0.39 is 0 Å². The van der Waals surface area contributed by atoms with E-state index in [2.05, 4.69) is 31.5 Å². The molecular weight excluding hydrogens is 402 g/mol. The van der Waals surface area contributed by atoms with Gasteiger partial charge in [0, 0.05) is 4.88 Å². The number of rotatable bonds is 3. The summed E-state index contributed by atoms with van der Waals surface area (Å²) in [6, 6.07) is 7.72. The average molecular weight is 411 g/mol. The summed E-state index contributed by atoms with van der Waals surface area (Å²) < 4.78 is 3.17. The van der Waals surface area contributed by atoms with E-state index in [1.807, 2.05) is 12.1 Å². The standard InChI is InChI=1S/C13H8BrCl3N2S/c14-12-2-1-7(20-12)6-19-11-4-9(17)8(16)3-10(11)18-13(19)5-15/h1-4H,5-6H2. The highest BCUT2D eigenvalue weighted by atomic mass is 79.9. The molecule has 0 unspecified atom stereocenters. The molecule has 7 heteroatoms.